The summed E-state index contributed by atoms with van der Waals surface area (Å²) in [6, 6.07) is 12.2. The van der Waals surface area contributed by atoms with E-state index in [1.165, 1.54) is 49.8 Å². The molecular formula is C28H30N2O6. The summed E-state index contributed by atoms with van der Waals surface area (Å²) < 4.78 is 10.3. The number of methoxy groups -OCH3 is 1. The molecular weight excluding hydrogens is 460 g/mol. The molecule has 1 aliphatic carbocycles. The van der Waals surface area contributed by atoms with Gasteiger partial charge in [0.25, 0.3) is 5.91 Å². The predicted molar refractivity (Wildman–Crippen MR) is 134 cm³/mol. The minimum Gasteiger partial charge on any atom is -0.496 e. The Morgan fingerprint density at radius 2 is 1.83 bits per heavy atom. The molecule has 1 saturated heterocycles. The van der Waals surface area contributed by atoms with Crippen LogP contribution >= 0.6 is 0 Å². The smallest absolute Gasteiger partial charge is 0.338 e. The summed E-state index contributed by atoms with van der Waals surface area (Å²) in [7, 11) is 1.46. The molecule has 1 atom stereocenters. The number of ether oxygens (including phenoxy) is 2. The van der Waals surface area contributed by atoms with E-state index in [0.717, 1.165) is 24.2 Å². The first-order chi connectivity index (χ1) is 17.5. The van der Waals surface area contributed by atoms with E-state index >= 15 is 0 Å². The van der Waals surface area contributed by atoms with Crippen molar-refractivity contribution in [2.45, 2.75) is 44.6 Å². The Kier molecular flexibility index (Phi) is 8.28. The quantitative estimate of drug-likeness (QED) is 0.234. The van der Waals surface area contributed by atoms with Crippen LogP contribution < -0.4 is 15.0 Å². The number of rotatable bonds is 10. The van der Waals surface area contributed by atoms with Crippen LogP contribution in [-0.4, -0.2) is 49.9 Å². The van der Waals surface area contributed by atoms with Gasteiger partial charge in [0.1, 0.15) is 5.75 Å². The summed E-state index contributed by atoms with van der Waals surface area (Å²) in [4.78, 5) is 51.4. The van der Waals surface area contributed by atoms with E-state index in [1.807, 2.05) is 0 Å². The lowest BCUT2D eigenvalue weighted by Crippen LogP contribution is -2.39. The molecule has 1 N–H and O–H groups in total. The zero-order valence-electron chi connectivity index (χ0n) is 20.3. The van der Waals surface area contributed by atoms with E-state index in [9.17, 15) is 19.2 Å². The molecule has 0 saturated carbocycles. The number of ketones is 1. The number of Topliss-reactive ketones (excluding diaryl/α,β-unsaturated/α-hetero) is 1. The lowest BCUT2D eigenvalue weighted by Gasteiger charge is -2.17. The first-order valence-corrected chi connectivity index (χ1v) is 12.2. The molecule has 0 radical (unpaired) electrons. The highest BCUT2D eigenvalue weighted by Gasteiger charge is 2.39. The van der Waals surface area contributed by atoms with Crippen LogP contribution in [0.15, 0.2) is 60.2 Å². The molecule has 2 amide bonds. The molecule has 2 aromatic carbocycles. The number of allylic oxidation sites excluding steroid dienone is 1. The van der Waals surface area contributed by atoms with E-state index in [2.05, 4.69) is 11.4 Å². The first-order valence-electron chi connectivity index (χ1n) is 12.2. The zero-order chi connectivity index (χ0) is 25.5. The third-order valence-corrected chi connectivity index (χ3v) is 6.47. The maximum Gasteiger partial charge on any atom is 0.338 e. The van der Waals surface area contributed by atoms with Gasteiger partial charge in [0.2, 0.25) is 11.7 Å². The molecule has 4 rings (SSSR count). The summed E-state index contributed by atoms with van der Waals surface area (Å²) in [5, 5.41) is 3.22. The van der Waals surface area contributed by atoms with Crippen molar-refractivity contribution in [1.29, 1.82) is 0 Å². The van der Waals surface area contributed by atoms with Crippen molar-refractivity contribution in [1.82, 2.24) is 5.32 Å². The number of para-hydroxylation sites is 1. The average molecular weight is 491 g/mol. The monoisotopic (exact) mass is 490 g/mol. The standard InChI is InChI=1S/C28H30N2O6/c1-35-25-10-6-5-9-22(25)24(31)18-36-28(34)20-11-13-21(14-12-20)30-26(32)17-23(27(30)33)29-16-15-19-7-3-2-4-8-19/h5-7,9-14,23,29H,2-4,8,15-18H2,1H3. The van der Waals surface area contributed by atoms with Crippen LogP contribution in [-0.2, 0) is 14.3 Å². The van der Waals surface area contributed by atoms with Gasteiger partial charge in [-0.05, 0) is 75.0 Å². The number of benzene rings is 2. The van der Waals surface area contributed by atoms with E-state index in [0.29, 0.717) is 23.5 Å². The van der Waals surface area contributed by atoms with Gasteiger partial charge in [-0.25, -0.2) is 9.69 Å². The van der Waals surface area contributed by atoms with Crippen molar-refractivity contribution in [3.8, 4) is 5.75 Å². The third kappa shape index (κ3) is 5.88. The Hall–Kier alpha value is -3.78. The Labute approximate surface area is 210 Å². The van der Waals surface area contributed by atoms with Crippen LogP contribution in [0.1, 0.15) is 59.2 Å². The largest absolute Gasteiger partial charge is 0.496 e. The van der Waals surface area contributed by atoms with E-state index in [4.69, 9.17) is 9.47 Å². The first kappa shape index (κ1) is 25.3. The minimum atomic E-state index is -0.680. The molecule has 36 heavy (non-hydrogen) atoms. The summed E-state index contributed by atoms with van der Waals surface area (Å²) in [5.74, 6) is -1.24. The molecule has 0 spiro atoms. The fourth-order valence-corrected chi connectivity index (χ4v) is 4.52. The van der Waals surface area contributed by atoms with Crippen LogP contribution in [0.3, 0.4) is 0 Å². The maximum atomic E-state index is 12.9. The second kappa shape index (κ2) is 11.8. The number of imide groups is 1. The Balaban J connectivity index is 1.31. The maximum absolute atomic E-state index is 12.9. The number of esters is 1. The number of nitrogens with zero attached hydrogens (tertiary/aromatic N) is 1. The molecule has 1 unspecified atom stereocenters. The summed E-state index contributed by atoms with van der Waals surface area (Å²) in [6.45, 7) is 0.218. The van der Waals surface area contributed by atoms with Gasteiger partial charge in [-0.1, -0.05) is 23.8 Å². The van der Waals surface area contributed by atoms with Gasteiger partial charge >= 0.3 is 5.97 Å². The third-order valence-electron chi connectivity index (χ3n) is 6.47. The highest BCUT2D eigenvalue weighted by Crippen LogP contribution is 2.25. The Morgan fingerprint density at radius 1 is 1.06 bits per heavy atom. The fourth-order valence-electron chi connectivity index (χ4n) is 4.52. The molecule has 8 heteroatoms. The number of nitrogens with one attached hydrogen (secondary N) is 1. The van der Waals surface area contributed by atoms with E-state index in [-0.39, 0.29) is 29.6 Å². The van der Waals surface area contributed by atoms with Gasteiger partial charge in [0, 0.05) is 0 Å². The molecule has 188 valence electrons. The van der Waals surface area contributed by atoms with E-state index in [1.54, 1.807) is 24.3 Å². The minimum absolute atomic E-state index is 0.104. The van der Waals surface area contributed by atoms with Crippen LogP contribution in [0.5, 0.6) is 5.75 Å². The summed E-state index contributed by atoms with van der Waals surface area (Å²) >= 11 is 0. The van der Waals surface area contributed by atoms with Gasteiger partial charge in [0.15, 0.2) is 6.61 Å². The van der Waals surface area contributed by atoms with Crippen molar-refractivity contribution in [3.63, 3.8) is 0 Å². The van der Waals surface area contributed by atoms with Gasteiger partial charge in [-0.15, -0.1) is 0 Å². The van der Waals surface area contributed by atoms with Crippen molar-refractivity contribution < 1.29 is 28.7 Å². The number of carbonyl (C=O) groups is 4. The molecule has 2 aromatic rings. The Bertz CT molecular complexity index is 1170. The SMILES string of the molecule is COc1ccccc1C(=O)COC(=O)c1ccc(N2C(=O)CC(NCCC3=CCCCC3)C2=O)cc1. The molecule has 0 aromatic heterocycles. The second-order valence-electron chi connectivity index (χ2n) is 8.88. The topological polar surface area (TPSA) is 102 Å². The number of hydrogen-bond donors (Lipinski definition) is 1. The fraction of sp³-hybridized carbons (Fsp3) is 0.357. The molecule has 0 bridgehead atoms. The van der Waals surface area contributed by atoms with Crippen LogP contribution in [0.4, 0.5) is 5.69 Å². The van der Waals surface area contributed by atoms with E-state index < -0.39 is 18.6 Å². The lowest BCUT2D eigenvalue weighted by molar-refractivity contribution is -0.121. The number of amides is 2. The normalized spacial score (nSPS) is 17.6. The lowest BCUT2D eigenvalue weighted by atomic mass is 9.97. The average Bonchev–Trinajstić information content (AvgIpc) is 3.20. The predicted octanol–water partition coefficient (Wildman–Crippen LogP) is 3.85. The van der Waals surface area contributed by atoms with Gasteiger partial charge in [-0.2, -0.15) is 0 Å². The van der Waals surface area contributed by atoms with Crippen LogP contribution in [0.25, 0.3) is 0 Å². The number of hydrogen-bond acceptors (Lipinski definition) is 7. The van der Waals surface area contributed by atoms with Crippen molar-refractivity contribution >= 4 is 29.3 Å². The summed E-state index contributed by atoms with van der Waals surface area (Å²) in [5.41, 5.74) is 2.34. The number of carbonyl (C=O) groups excluding carboxylic acids is 4. The number of anilines is 1. The van der Waals surface area contributed by atoms with Crippen molar-refractivity contribution in [2.75, 3.05) is 25.2 Å². The van der Waals surface area contributed by atoms with Gasteiger partial charge in [-0.3, -0.25) is 14.4 Å². The van der Waals surface area contributed by atoms with Crippen molar-refractivity contribution in [2.24, 2.45) is 0 Å². The second-order valence-corrected chi connectivity index (χ2v) is 8.88. The van der Waals surface area contributed by atoms with Crippen LogP contribution in [0, 0.1) is 0 Å². The zero-order valence-corrected chi connectivity index (χ0v) is 20.3. The van der Waals surface area contributed by atoms with Gasteiger partial charge < -0.3 is 14.8 Å². The van der Waals surface area contributed by atoms with Crippen molar-refractivity contribution in [3.05, 3.63) is 71.3 Å². The summed E-state index contributed by atoms with van der Waals surface area (Å²) in [6.07, 6.45) is 7.93. The molecule has 1 heterocycles. The van der Waals surface area contributed by atoms with Crippen LogP contribution in [0.2, 0.25) is 0 Å². The molecule has 8 nitrogen and oxygen atoms in total. The Morgan fingerprint density at radius 3 is 2.56 bits per heavy atom. The highest BCUT2D eigenvalue weighted by molar-refractivity contribution is 6.22. The molecule has 1 fully saturated rings. The van der Waals surface area contributed by atoms with Gasteiger partial charge in [0.05, 0.1) is 36.4 Å². The highest BCUT2D eigenvalue weighted by atomic mass is 16.5. The molecule has 2 aliphatic rings. The molecule has 1 aliphatic heterocycles.